The molecule has 2 nitrogen and oxygen atoms in total. The second kappa shape index (κ2) is 3.12. The maximum Gasteiger partial charge on any atom is 0.111 e. The molecule has 1 saturated heterocycles. The van der Waals surface area contributed by atoms with Gasteiger partial charge in [0, 0.05) is 11.9 Å². The monoisotopic (exact) mass is 160 g/mol. The van der Waals surface area contributed by atoms with E-state index in [2.05, 4.69) is 0 Å². The van der Waals surface area contributed by atoms with Crippen LogP contribution in [0.25, 0.3) is 0 Å². The van der Waals surface area contributed by atoms with Gasteiger partial charge in [0.2, 0.25) is 0 Å². The fourth-order valence-corrected chi connectivity index (χ4v) is 1.34. The summed E-state index contributed by atoms with van der Waals surface area (Å²) in [5, 5.41) is 8.56. The van der Waals surface area contributed by atoms with E-state index in [1.54, 1.807) is 0 Å². The average Bonchev–Trinajstić information content (AvgIpc) is 2.17. The van der Waals surface area contributed by atoms with Crippen LogP contribution in [0.1, 0.15) is 6.92 Å². The van der Waals surface area contributed by atoms with Gasteiger partial charge in [0.25, 0.3) is 0 Å². The third-order valence-electron chi connectivity index (χ3n) is 1.91. The van der Waals surface area contributed by atoms with Gasteiger partial charge >= 0.3 is 0 Å². The highest BCUT2D eigenvalue weighted by molar-refractivity contribution is 6.26. The molecule has 56 valence electrons. The fourth-order valence-electron chi connectivity index (χ4n) is 1.11. The van der Waals surface area contributed by atoms with E-state index in [9.17, 15) is 0 Å². The van der Waals surface area contributed by atoms with Crippen molar-refractivity contribution in [2.45, 2.75) is 24.4 Å². The molecule has 1 rings (SSSR count). The molecule has 1 fully saturated rings. The molecule has 0 saturated carbocycles. The lowest BCUT2D eigenvalue weighted by atomic mass is 9.91. The van der Waals surface area contributed by atoms with Crippen LogP contribution in [0.3, 0.4) is 0 Å². The van der Waals surface area contributed by atoms with Crippen molar-refractivity contribution in [3.8, 4) is 0 Å². The summed E-state index contributed by atoms with van der Waals surface area (Å²) >= 11 is 5.83. The lowest BCUT2D eigenvalue weighted by Crippen LogP contribution is -2.21. The Morgan fingerprint density at radius 3 is 2.50 bits per heavy atom. The first-order valence-corrected chi connectivity index (χ1v) is 3.76. The van der Waals surface area contributed by atoms with Crippen LogP contribution in [0.2, 0.25) is 0 Å². The Morgan fingerprint density at radius 1 is 1.70 bits per heavy atom. The van der Waals surface area contributed by atoms with Crippen LogP contribution in [0, 0.1) is 5.92 Å². The van der Waals surface area contributed by atoms with Gasteiger partial charge in [-0.2, -0.15) is 0 Å². The highest BCUT2D eigenvalue weighted by Gasteiger charge is 2.36. The third kappa shape index (κ3) is 1.31. The molecule has 1 aliphatic rings. The second-order valence-electron chi connectivity index (χ2n) is 2.63. The Morgan fingerprint density at radius 2 is 2.30 bits per heavy atom. The third-order valence-corrected chi connectivity index (χ3v) is 2.56. The molecule has 0 unspecified atom stereocenters. The van der Waals surface area contributed by atoms with Crippen LogP contribution in [-0.2, 0) is 4.74 Å². The van der Waals surface area contributed by atoms with Crippen molar-refractivity contribution in [3.63, 3.8) is 0 Å². The van der Waals surface area contributed by atoms with E-state index in [4.69, 9.17) is 29.3 Å². The van der Waals surface area contributed by atoms with Crippen LogP contribution in [-0.4, -0.2) is 37.0 Å². The Hall–Kier alpha value is 0.275. The van der Waals surface area contributed by atoms with Gasteiger partial charge in [-0.3, -0.25) is 0 Å². The van der Waals surface area contributed by atoms with Gasteiger partial charge in [-0.05, 0) is 0 Å². The van der Waals surface area contributed by atoms with E-state index in [-0.39, 0.29) is 24.0 Å². The average molecular weight is 160 g/mol. The first-order chi connectivity index (χ1) is 4.66. The molecule has 1 heterocycles. The molecule has 4 heteroatoms. The van der Waals surface area contributed by atoms with Gasteiger partial charge in [-0.1, -0.05) is 6.92 Å². The minimum absolute atomic E-state index is 0.00190. The number of aliphatic hydroxyl groups excluding tert-OH is 1. The van der Waals surface area contributed by atoms with E-state index >= 15 is 0 Å². The predicted octanol–water partition coefficient (Wildman–Crippen LogP) is 0.116. The molecule has 0 aromatic rings. The summed E-state index contributed by atoms with van der Waals surface area (Å²) in [6, 6.07) is -0.422. The van der Waals surface area contributed by atoms with Gasteiger partial charge in [0.15, 0.2) is 0 Å². The molecular weight excluding hydrogens is 150 g/mol. The predicted molar refractivity (Wildman–Crippen MR) is 40.3 cm³/mol. The first kappa shape index (κ1) is 8.37. The topological polar surface area (TPSA) is 29.5 Å². The van der Waals surface area contributed by atoms with Crippen LogP contribution in [0.15, 0.2) is 0 Å². The molecule has 4 atom stereocenters. The van der Waals surface area contributed by atoms with Crippen molar-refractivity contribution in [1.82, 2.24) is 0 Å². The molecule has 0 bridgehead atoms. The summed E-state index contributed by atoms with van der Waals surface area (Å²) < 4.78 is 5.13. The summed E-state index contributed by atoms with van der Waals surface area (Å²) in [6.07, 6.45) is -0.183. The highest BCUT2D eigenvalue weighted by Crippen LogP contribution is 2.28. The van der Waals surface area contributed by atoms with Gasteiger partial charge in [-0.25, -0.2) is 0 Å². The minimum Gasteiger partial charge on any atom is -0.394 e. The van der Waals surface area contributed by atoms with Crippen LogP contribution in [0.4, 0.5) is 0 Å². The number of hydrogen-bond acceptors (Lipinski definition) is 2. The lowest BCUT2D eigenvalue weighted by molar-refractivity contribution is 0.0294. The van der Waals surface area contributed by atoms with E-state index in [1.807, 2.05) is 6.92 Å². The number of ether oxygens (including phenoxy) is 1. The Labute approximate surface area is 66.9 Å². The molecule has 1 N–H and O–H groups in total. The molecular formula is C6H10BClO2. The summed E-state index contributed by atoms with van der Waals surface area (Å²) in [4.78, 5) is 0. The van der Waals surface area contributed by atoms with Crippen molar-refractivity contribution in [2.24, 2.45) is 5.92 Å². The van der Waals surface area contributed by atoms with E-state index < -0.39 is 6.00 Å². The summed E-state index contributed by atoms with van der Waals surface area (Å²) in [6.45, 7) is 1.92. The maximum atomic E-state index is 8.73. The van der Waals surface area contributed by atoms with Gasteiger partial charge in [0.1, 0.15) is 7.85 Å². The summed E-state index contributed by atoms with van der Waals surface area (Å²) in [5.41, 5.74) is 0. The van der Waals surface area contributed by atoms with Gasteiger partial charge in [-0.15, -0.1) is 11.6 Å². The molecule has 0 aromatic carbocycles. The Kier molecular flexibility index (Phi) is 2.61. The number of halogens is 1. The number of alkyl halides is 1. The maximum absolute atomic E-state index is 8.73. The Bertz CT molecular complexity index is 122. The van der Waals surface area contributed by atoms with Gasteiger partial charge < -0.3 is 9.84 Å². The molecule has 0 spiro atoms. The van der Waals surface area contributed by atoms with E-state index in [1.165, 1.54) is 0 Å². The SMILES string of the molecule is [B][C@@H]1O[C@H](CO)[C@@H](C)[C@H]1Cl. The van der Waals surface area contributed by atoms with Crippen molar-refractivity contribution in [3.05, 3.63) is 0 Å². The molecule has 0 aliphatic carbocycles. The highest BCUT2D eigenvalue weighted by atomic mass is 35.5. The van der Waals surface area contributed by atoms with Gasteiger partial charge in [0.05, 0.1) is 18.1 Å². The fraction of sp³-hybridized carbons (Fsp3) is 1.00. The standard InChI is InChI=1S/C6H10BClO2/c1-3-4(2-9)10-6(7)5(3)8/h3-6,9H,2H2,1H3/t3-,4-,5-,6-/m1/s1. The molecule has 0 aromatic heterocycles. The van der Waals surface area contributed by atoms with Crippen LogP contribution in [0.5, 0.6) is 0 Å². The van der Waals surface area contributed by atoms with E-state index in [0.717, 1.165) is 0 Å². The van der Waals surface area contributed by atoms with E-state index in [0.29, 0.717) is 0 Å². The van der Waals surface area contributed by atoms with Crippen molar-refractivity contribution in [1.29, 1.82) is 0 Å². The van der Waals surface area contributed by atoms with Crippen molar-refractivity contribution >= 4 is 19.4 Å². The number of rotatable bonds is 1. The van der Waals surface area contributed by atoms with Crippen molar-refractivity contribution in [2.75, 3.05) is 6.61 Å². The first-order valence-electron chi connectivity index (χ1n) is 3.32. The number of aliphatic hydroxyl groups is 1. The zero-order valence-corrected chi connectivity index (χ0v) is 6.58. The summed E-state index contributed by atoms with van der Waals surface area (Å²) in [7, 11) is 5.47. The lowest BCUT2D eigenvalue weighted by Gasteiger charge is -2.11. The second-order valence-corrected chi connectivity index (χ2v) is 3.13. The zero-order chi connectivity index (χ0) is 7.72. The minimum atomic E-state index is -0.422. The Balaban J connectivity index is 2.53. The zero-order valence-electron chi connectivity index (χ0n) is 5.83. The number of hydrogen-bond donors (Lipinski definition) is 1. The van der Waals surface area contributed by atoms with Crippen LogP contribution >= 0.6 is 11.6 Å². The molecule has 10 heavy (non-hydrogen) atoms. The molecule has 0 amide bonds. The smallest absolute Gasteiger partial charge is 0.111 e. The molecule has 1 aliphatic heterocycles. The quantitative estimate of drug-likeness (QED) is 0.436. The van der Waals surface area contributed by atoms with Crippen molar-refractivity contribution < 1.29 is 9.84 Å². The normalized spacial score (nSPS) is 47.9. The largest absolute Gasteiger partial charge is 0.394 e. The summed E-state index contributed by atoms with van der Waals surface area (Å²) in [5.74, 6) is 0.140. The van der Waals surface area contributed by atoms with Crippen LogP contribution < -0.4 is 0 Å². The molecule has 2 radical (unpaired) electrons.